The van der Waals surface area contributed by atoms with E-state index in [9.17, 15) is 4.79 Å². The van der Waals surface area contributed by atoms with Crippen molar-refractivity contribution < 1.29 is 4.79 Å². The molecule has 0 unspecified atom stereocenters. The molecular weight excluding hydrogens is 428 g/mol. The fraction of sp³-hybridized carbons (Fsp3) is 0.250. The first-order valence-corrected chi connectivity index (χ1v) is 11.6. The summed E-state index contributed by atoms with van der Waals surface area (Å²) in [5.74, 6) is 0.113. The predicted octanol–water partition coefficient (Wildman–Crippen LogP) is 4.98. The molecule has 0 saturated carbocycles. The highest BCUT2D eigenvalue weighted by atomic mass is 35.5. The maximum atomic E-state index is 12.8. The second-order valence-electron chi connectivity index (χ2n) is 7.84. The van der Waals surface area contributed by atoms with E-state index in [1.54, 1.807) is 11.3 Å². The van der Waals surface area contributed by atoms with E-state index < -0.39 is 0 Å². The third-order valence-corrected chi connectivity index (χ3v) is 6.86. The number of hydrogen-bond acceptors (Lipinski definition) is 4. The van der Waals surface area contributed by atoms with Gasteiger partial charge in [-0.3, -0.25) is 14.1 Å². The summed E-state index contributed by atoms with van der Waals surface area (Å²) in [5, 5.41) is 0.723. The van der Waals surface area contributed by atoms with Gasteiger partial charge in [-0.05, 0) is 31.2 Å². The monoisotopic (exact) mass is 450 g/mol. The Labute approximate surface area is 190 Å². The fourth-order valence-electron chi connectivity index (χ4n) is 4.08. The molecule has 1 saturated heterocycles. The Morgan fingerprint density at radius 2 is 1.74 bits per heavy atom. The van der Waals surface area contributed by atoms with Gasteiger partial charge in [0.15, 0.2) is 4.96 Å². The zero-order valence-electron chi connectivity index (χ0n) is 17.3. The molecule has 0 aliphatic carbocycles. The van der Waals surface area contributed by atoms with Crippen LogP contribution in [0, 0.1) is 6.92 Å². The normalized spacial score (nSPS) is 15.0. The Balaban J connectivity index is 1.35. The number of fused-ring (bicyclic) bond motifs is 1. The van der Waals surface area contributed by atoms with Crippen molar-refractivity contribution in [3.05, 3.63) is 82.0 Å². The third kappa shape index (κ3) is 4.11. The molecular formula is C24H23ClN4OS. The lowest BCUT2D eigenvalue weighted by Gasteiger charge is -2.34. The highest BCUT2D eigenvalue weighted by Gasteiger charge is 2.24. The van der Waals surface area contributed by atoms with Crippen molar-refractivity contribution in [3.63, 3.8) is 0 Å². The quantitative estimate of drug-likeness (QED) is 0.440. The van der Waals surface area contributed by atoms with Crippen molar-refractivity contribution in [2.24, 2.45) is 0 Å². The molecule has 0 radical (unpaired) electrons. The van der Waals surface area contributed by atoms with Gasteiger partial charge in [-0.2, -0.15) is 0 Å². The van der Waals surface area contributed by atoms with Gasteiger partial charge in [0.25, 0.3) is 5.91 Å². The van der Waals surface area contributed by atoms with E-state index in [4.69, 9.17) is 16.6 Å². The Kier molecular flexibility index (Phi) is 5.52. The predicted molar refractivity (Wildman–Crippen MR) is 126 cm³/mol. The summed E-state index contributed by atoms with van der Waals surface area (Å²) >= 11 is 7.80. The Morgan fingerprint density at radius 3 is 2.45 bits per heavy atom. The number of aryl methyl sites for hydroxylation is 1. The second kappa shape index (κ2) is 8.46. The number of nitrogens with zero attached hydrogens (tertiary/aromatic N) is 4. The molecule has 3 heterocycles. The number of halogens is 1. The van der Waals surface area contributed by atoms with Crippen molar-refractivity contribution >= 4 is 33.8 Å². The van der Waals surface area contributed by atoms with Gasteiger partial charge in [0.2, 0.25) is 0 Å². The van der Waals surface area contributed by atoms with E-state index in [0.717, 1.165) is 59.5 Å². The first-order valence-electron chi connectivity index (χ1n) is 10.4. The summed E-state index contributed by atoms with van der Waals surface area (Å²) in [4.78, 5) is 24.3. The maximum absolute atomic E-state index is 12.8. The minimum Gasteiger partial charge on any atom is -0.336 e. The molecule has 1 aliphatic heterocycles. The number of hydrogen-bond donors (Lipinski definition) is 0. The molecule has 0 atom stereocenters. The van der Waals surface area contributed by atoms with Gasteiger partial charge < -0.3 is 4.90 Å². The molecule has 1 aliphatic rings. The van der Waals surface area contributed by atoms with Crippen molar-refractivity contribution in [2.45, 2.75) is 13.5 Å². The van der Waals surface area contributed by atoms with Crippen LogP contribution in [0.4, 0.5) is 0 Å². The van der Waals surface area contributed by atoms with Crippen LogP contribution >= 0.6 is 22.9 Å². The fourth-order valence-corrected chi connectivity index (χ4v) is 5.05. The third-order valence-electron chi connectivity index (χ3n) is 5.71. The molecule has 1 amide bonds. The summed E-state index contributed by atoms with van der Waals surface area (Å²) in [6.07, 6.45) is 2.16. The van der Waals surface area contributed by atoms with Crippen molar-refractivity contribution in [1.29, 1.82) is 0 Å². The molecule has 5 rings (SSSR count). The van der Waals surface area contributed by atoms with Gasteiger partial charge >= 0.3 is 0 Å². The summed E-state index contributed by atoms with van der Waals surface area (Å²) in [6, 6.07) is 17.4. The topological polar surface area (TPSA) is 40.9 Å². The molecule has 0 bridgehead atoms. The summed E-state index contributed by atoms with van der Waals surface area (Å²) in [5.41, 5.74) is 4.02. The summed E-state index contributed by atoms with van der Waals surface area (Å²) in [7, 11) is 0. The average molecular weight is 451 g/mol. The molecule has 7 heteroatoms. The number of benzene rings is 2. The Bertz CT molecular complexity index is 1210. The summed E-state index contributed by atoms with van der Waals surface area (Å²) < 4.78 is 2.21. The Hall–Kier alpha value is -2.67. The van der Waals surface area contributed by atoms with E-state index in [1.165, 1.54) is 10.6 Å². The molecule has 31 heavy (non-hydrogen) atoms. The van der Waals surface area contributed by atoms with E-state index in [-0.39, 0.29) is 5.91 Å². The largest absolute Gasteiger partial charge is 0.336 e. The zero-order chi connectivity index (χ0) is 21.4. The SMILES string of the molecule is Cc1cn2c(CN3CCN(C(=O)c4ccccc4)CC3)c(-c3ccc(Cl)cc3)nc2s1. The number of carbonyl (C=O) groups is 1. The molecule has 0 spiro atoms. The summed E-state index contributed by atoms with van der Waals surface area (Å²) in [6.45, 7) is 6.05. The lowest BCUT2D eigenvalue weighted by atomic mass is 10.1. The highest BCUT2D eigenvalue weighted by molar-refractivity contribution is 7.17. The molecule has 1 fully saturated rings. The number of amides is 1. The van der Waals surface area contributed by atoms with Crippen LogP contribution in [0.1, 0.15) is 20.9 Å². The van der Waals surface area contributed by atoms with E-state index in [0.29, 0.717) is 0 Å². The smallest absolute Gasteiger partial charge is 0.253 e. The molecule has 2 aromatic heterocycles. The minimum absolute atomic E-state index is 0.113. The van der Waals surface area contributed by atoms with Crippen molar-refractivity contribution in [1.82, 2.24) is 19.2 Å². The van der Waals surface area contributed by atoms with Gasteiger partial charge in [-0.1, -0.05) is 41.9 Å². The molecule has 158 valence electrons. The van der Waals surface area contributed by atoms with Crippen LogP contribution in [0.2, 0.25) is 5.02 Å². The molecule has 0 N–H and O–H groups in total. The van der Waals surface area contributed by atoms with Crippen LogP contribution in [0.15, 0.2) is 60.8 Å². The number of carbonyl (C=O) groups excluding carboxylic acids is 1. The molecule has 5 nitrogen and oxygen atoms in total. The number of piperazine rings is 1. The number of thiazole rings is 1. The van der Waals surface area contributed by atoms with E-state index in [1.807, 2.05) is 59.5 Å². The van der Waals surface area contributed by atoms with Gasteiger partial charge in [0.1, 0.15) is 0 Å². The first kappa shape index (κ1) is 20.2. The number of aromatic nitrogens is 2. The van der Waals surface area contributed by atoms with Crippen LogP contribution in [-0.4, -0.2) is 51.3 Å². The van der Waals surface area contributed by atoms with E-state index in [2.05, 4.69) is 22.4 Å². The number of imidazole rings is 1. The zero-order valence-corrected chi connectivity index (χ0v) is 18.9. The van der Waals surface area contributed by atoms with Gasteiger partial charge in [-0.15, -0.1) is 11.3 Å². The lowest BCUT2D eigenvalue weighted by molar-refractivity contribution is 0.0627. The van der Waals surface area contributed by atoms with Gasteiger partial charge in [-0.25, -0.2) is 4.98 Å². The maximum Gasteiger partial charge on any atom is 0.253 e. The molecule has 2 aromatic carbocycles. The van der Waals surface area contributed by atoms with E-state index >= 15 is 0 Å². The van der Waals surface area contributed by atoms with Crippen LogP contribution in [0.25, 0.3) is 16.2 Å². The first-order chi connectivity index (χ1) is 15.1. The van der Waals surface area contributed by atoms with Crippen LogP contribution in [0.5, 0.6) is 0 Å². The van der Waals surface area contributed by atoms with Gasteiger partial charge in [0, 0.05) is 59.9 Å². The Morgan fingerprint density at radius 1 is 1.03 bits per heavy atom. The van der Waals surface area contributed by atoms with Gasteiger partial charge in [0.05, 0.1) is 11.4 Å². The highest BCUT2D eigenvalue weighted by Crippen LogP contribution is 2.30. The second-order valence-corrected chi connectivity index (χ2v) is 9.49. The van der Waals surface area contributed by atoms with Crippen LogP contribution < -0.4 is 0 Å². The standard InChI is InChI=1S/C24H23ClN4OS/c1-17-15-29-21(22(26-24(29)31-17)18-7-9-20(25)10-8-18)16-27-11-13-28(14-12-27)23(30)19-5-3-2-4-6-19/h2-10,15H,11-14,16H2,1H3. The van der Waals surface area contributed by atoms with Crippen molar-refractivity contribution in [3.8, 4) is 11.3 Å². The number of rotatable bonds is 4. The average Bonchev–Trinajstić information content (AvgIpc) is 3.32. The van der Waals surface area contributed by atoms with Crippen LogP contribution in [-0.2, 0) is 6.54 Å². The van der Waals surface area contributed by atoms with Crippen LogP contribution in [0.3, 0.4) is 0 Å². The minimum atomic E-state index is 0.113. The molecule has 4 aromatic rings. The van der Waals surface area contributed by atoms with Crippen molar-refractivity contribution in [2.75, 3.05) is 26.2 Å². The lowest BCUT2D eigenvalue weighted by Crippen LogP contribution is -2.48.